The highest BCUT2D eigenvalue weighted by molar-refractivity contribution is 7.98. The Morgan fingerprint density at radius 1 is 1.10 bits per heavy atom. The molecule has 1 aromatic rings. The molecule has 1 amide bonds. The molecular formula is C19H31N3O6S3. The van der Waals surface area contributed by atoms with Crippen LogP contribution in [0.2, 0.25) is 0 Å². The molecule has 1 heterocycles. The van der Waals surface area contributed by atoms with Gasteiger partial charge in [0.1, 0.15) is 11.8 Å². The highest BCUT2D eigenvalue weighted by atomic mass is 32.2. The molecule has 1 unspecified atom stereocenters. The number of thioether (sulfide) groups is 1. The average molecular weight is 494 g/mol. The van der Waals surface area contributed by atoms with Gasteiger partial charge in [-0.3, -0.25) is 4.79 Å². The molecule has 12 heteroatoms. The number of nitrogens with zero attached hydrogens (tertiary/aromatic N) is 2. The quantitative estimate of drug-likeness (QED) is 0.489. The number of amides is 1. The molecule has 31 heavy (non-hydrogen) atoms. The first kappa shape index (κ1) is 25.9. The Balaban J connectivity index is 2.04. The van der Waals surface area contributed by atoms with Crippen LogP contribution in [0.3, 0.4) is 0 Å². The fraction of sp³-hybridized carbons (Fsp3) is 0.632. The van der Waals surface area contributed by atoms with Crippen LogP contribution in [0.15, 0.2) is 29.2 Å². The van der Waals surface area contributed by atoms with Gasteiger partial charge in [-0.1, -0.05) is 0 Å². The summed E-state index contributed by atoms with van der Waals surface area (Å²) in [6.07, 6.45) is 2.27. The molecule has 0 aromatic heterocycles. The maximum absolute atomic E-state index is 12.9. The number of nitrogens with one attached hydrogen (secondary N) is 1. The third kappa shape index (κ3) is 7.07. The zero-order valence-corrected chi connectivity index (χ0v) is 20.6. The van der Waals surface area contributed by atoms with Gasteiger partial charge in [0.2, 0.25) is 26.0 Å². The lowest BCUT2D eigenvalue weighted by Crippen LogP contribution is -2.56. The standard InChI is InChI=1S/C19H31N3O6S3/c1-4-28-16-6-8-17(9-7-16)31(26,27)22-13-11-21(12-14-22)19(23)18(10-15-29-3)20-30(24,25)5-2/h6-9,18,20H,4-5,10-15H2,1-3H3. The molecular weight excluding hydrogens is 462 g/mol. The van der Waals surface area contributed by atoms with E-state index >= 15 is 0 Å². The first-order valence-corrected chi connectivity index (χ1v) is 14.6. The van der Waals surface area contributed by atoms with Gasteiger partial charge >= 0.3 is 0 Å². The van der Waals surface area contributed by atoms with Crippen molar-refractivity contribution in [3.63, 3.8) is 0 Å². The van der Waals surface area contributed by atoms with E-state index < -0.39 is 26.1 Å². The summed E-state index contributed by atoms with van der Waals surface area (Å²) in [6, 6.07) is 5.41. The zero-order valence-electron chi connectivity index (χ0n) is 18.1. The summed E-state index contributed by atoms with van der Waals surface area (Å²) in [5.41, 5.74) is 0. The van der Waals surface area contributed by atoms with Crippen LogP contribution >= 0.6 is 11.8 Å². The number of hydrogen-bond donors (Lipinski definition) is 1. The minimum atomic E-state index is -3.69. The Bertz CT molecular complexity index is 927. The van der Waals surface area contributed by atoms with E-state index in [0.29, 0.717) is 24.5 Å². The van der Waals surface area contributed by atoms with Gasteiger partial charge in [0.25, 0.3) is 0 Å². The van der Waals surface area contributed by atoms with E-state index in [4.69, 9.17) is 4.74 Å². The van der Waals surface area contributed by atoms with Gasteiger partial charge in [-0.25, -0.2) is 21.6 Å². The molecule has 0 bridgehead atoms. The van der Waals surface area contributed by atoms with Crippen LogP contribution in [0.5, 0.6) is 5.75 Å². The molecule has 1 atom stereocenters. The van der Waals surface area contributed by atoms with Crippen molar-refractivity contribution >= 4 is 37.7 Å². The fourth-order valence-electron chi connectivity index (χ4n) is 3.16. The minimum absolute atomic E-state index is 0.107. The molecule has 1 N–H and O–H groups in total. The van der Waals surface area contributed by atoms with Gasteiger partial charge in [0.15, 0.2) is 0 Å². The molecule has 0 saturated carbocycles. The van der Waals surface area contributed by atoms with Crippen LogP contribution in [-0.4, -0.2) is 88.5 Å². The van der Waals surface area contributed by atoms with E-state index in [1.54, 1.807) is 12.1 Å². The Morgan fingerprint density at radius 2 is 1.71 bits per heavy atom. The molecule has 0 radical (unpaired) electrons. The van der Waals surface area contributed by atoms with Crippen molar-refractivity contribution in [2.75, 3.05) is 50.5 Å². The Labute approximate surface area is 189 Å². The molecule has 1 aromatic carbocycles. The molecule has 0 aliphatic carbocycles. The summed E-state index contributed by atoms with van der Waals surface area (Å²) in [5, 5.41) is 0. The van der Waals surface area contributed by atoms with Gasteiger partial charge in [-0.2, -0.15) is 16.1 Å². The number of benzene rings is 1. The first-order chi connectivity index (χ1) is 14.6. The highest BCUT2D eigenvalue weighted by Gasteiger charge is 2.33. The summed E-state index contributed by atoms with van der Waals surface area (Å²) in [6.45, 7) is 4.58. The molecule has 176 valence electrons. The predicted octanol–water partition coefficient (Wildman–Crippen LogP) is 0.979. The van der Waals surface area contributed by atoms with Crippen LogP contribution in [0.1, 0.15) is 20.3 Å². The topological polar surface area (TPSA) is 113 Å². The lowest BCUT2D eigenvalue weighted by atomic mass is 10.2. The summed E-state index contributed by atoms with van der Waals surface area (Å²) >= 11 is 1.53. The molecule has 1 aliphatic rings. The number of carbonyl (C=O) groups is 1. The summed E-state index contributed by atoms with van der Waals surface area (Å²) in [7, 11) is -7.22. The van der Waals surface area contributed by atoms with Gasteiger partial charge in [-0.15, -0.1) is 0 Å². The van der Waals surface area contributed by atoms with Crippen molar-refractivity contribution < 1.29 is 26.4 Å². The lowest BCUT2D eigenvalue weighted by molar-refractivity contribution is -0.134. The molecule has 1 fully saturated rings. The number of hydrogen-bond acceptors (Lipinski definition) is 7. The Morgan fingerprint density at radius 3 is 2.23 bits per heavy atom. The van der Waals surface area contributed by atoms with Crippen LogP contribution < -0.4 is 9.46 Å². The largest absolute Gasteiger partial charge is 0.494 e. The summed E-state index contributed by atoms with van der Waals surface area (Å²) in [4.78, 5) is 14.6. The van der Waals surface area contributed by atoms with E-state index in [2.05, 4.69) is 4.72 Å². The van der Waals surface area contributed by atoms with Gasteiger partial charge in [-0.05, 0) is 56.5 Å². The number of carbonyl (C=O) groups excluding carboxylic acids is 1. The first-order valence-electron chi connectivity index (χ1n) is 10.1. The smallest absolute Gasteiger partial charge is 0.243 e. The monoisotopic (exact) mass is 493 g/mol. The van der Waals surface area contributed by atoms with Crippen molar-refractivity contribution in [2.45, 2.75) is 31.2 Å². The maximum atomic E-state index is 12.9. The molecule has 1 saturated heterocycles. The van der Waals surface area contributed by atoms with Gasteiger partial charge in [0.05, 0.1) is 17.3 Å². The van der Waals surface area contributed by atoms with E-state index in [-0.39, 0.29) is 42.7 Å². The van der Waals surface area contributed by atoms with E-state index in [9.17, 15) is 21.6 Å². The van der Waals surface area contributed by atoms with Gasteiger partial charge < -0.3 is 9.64 Å². The number of piperazine rings is 1. The Hall–Kier alpha value is -1.34. The molecule has 2 rings (SSSR count). The van der Waals surface area contributed by atoms with Crippen molar-refractivity contribution in [2.24, 2.45) is 0 Å². The van der Waals surface area contributed by atoms with Crippen LogP contribution in [-0.2, 0) is 24.8 Å². The third-order valence-electron chi connectivity index (χ3n) is 4.93. The minimum Gasteiger partial charge on any atom is -0.494 e. The van der Waals surface area contributed by atoms with E-state index in [1.807, 2.05) is 13.2 Å². The van der Waals surface area contributed by atoms with E-state index in [0.717, 1.165) is 0 Å². The zero-order chi connectivity index (χ0) is 23.1. The number of ether oxygens (including phenoxy) is 1. The SMILES string of the molecule is CCOc1ccc(S(=O)(=O)N2CCN(C(=O)C(CCSC)NS(=O)(=O)CC)CC2)cc1. The molecule has 1 aliphatic heterocycles. The van der Waals surface area contributed by atoms with Crippen molar-refractivity contribution in [3.8, 4) is 5.75 Å². The van der Waals surface area contributed by atoms with Crippen LogP contribution in [0.25, 0.3) is 0 Å². The second-order valence-corrected chi connectivity index (χ2v) is 12.0. The Kier molecular flexibility index (Phi) is 9.62. The summed E-state index contributed by atoms with van der Waals surface area (Å²) in [5.74, 6) is 0.811. The fourth-order valence-corrected chi connectivity index (χ4v) is 5.87. The predicted molar refractivity (Wildman–Crippen MR) is 122 cm³/mol. The highest BCUT2D eigenvalue weighted by Crippen LogP contribution is 2.21. The normalized spacial score (nSPS) is 16.8. The van der Waals surface area contributed by atoms with Gasteiger partial charge in [0, 0.05) is 26.2 Å². The molecule has 0 spiro atoms. The van der Waals surface area contributed by atoms with Crippen LogP contribution in [0.4, 0.5) is 0 Å². The summed E-state index contributed by atoms with van der Waals surface area (Å²) < 4.78 is 59.0. The third-order valence-corrected chi connectivity index (χ3v) is 8.89. The van der Waals surface area contributed by atoms with Crippen LogP contribution in [0, 0.1) is 0 Å². The average Bonchev–Trinajstić information content (AvgIpc) is 2.77. The maximum Gasteiger partial charge on any atom is 0.243 e. The van der Waals surface area contributed by atoms with E-state index in [1.165, 1.54) is 40.0 Å². The number of sulfonamides is 2. The second kappa shape index (κ2) is 11.5. The molecule has 9 nitrogen and oxygen atoms in total. The van der Waals surface area contributed by atoms with Crippen molar-refractivity contribution in [3.05, 3.63) is 24.3 Å². The van der Waals surface area contributed by atoms with Crippen molar-refractivity contribution in [1.82, 2.24) is 13.9 Å². The van der Waals surface area contributed by atoms with Crippen molar-refractivity contribution in [1.29, 1.82) is 0 Å². The second-order valence-electron chi connectivity index (χ2n) is 6.99. The number of rotatable bonds is 11. The lowest BCUT2D eigenvalue weighted by Gasteiger charge is -2.35.